The van der Waals surface area contributed by atoms with E-state index >= 15 is 0 Å². The van der Waals surface area contributed by atoms with E-state index in [9.17, 15) is 5.11 Å². The van der Waals surface area contributed by atoms with Gasteiger partial charge in [0.05, 0.1) is 13.7 Å². The molecule has 2 N–H and O–H groups in total. The highest BCUT2D eigenvalue weighted by molar-refractivity contribution is 5.52. The van der Waals surface area contributed by atoms with Crippen LogP contribution in [0.15, 0.2) is 48.5 Å². The highest BCUT2D eigenvalue weighted by Crippen LogP contribution is 2.31. The zero-order valence-corrected chi connectivity index (χ0v) is 14.1. The molecule has 0 aliphatic rings. The standard InChI is InChI=1S/C20H23NO3/c1-4-20(23,17-8-12-19(24-3)13-9-17)16-6-10-18(11-7-16)21(5-2)14-15-22/h1,6-13,22-23H,5,14-15H2,2-3H3. The first-order valence-electron chi connectivity index (χ1n) is 7.90. The fraction of sp³-hybridized carbons (Fsp3) is 0.300. The number of likely N-dealkylation sites (N-methyl/N-ethyl adjacent to an activating group) is 1. The van der Waals surface area contributed by atoms with E-state index in [4.69, 9.17) is 16.3 Å². The lowest BCUT2D eigenvalue weighted by molar-refractivity contribution is 0.145. The molecule has 4 heteroatoms. The fourth-order valence-corrected chi connectivity index (χ4v) is 2.67. The molecule has 0 bridgehead atoms. The number of hydrogen-bond acceptors (Lipinski definition) is 4. The number of ether oxygens (including phenoxy) is 1. The van der Waals surface area contributed by atoms with Crippen LogP contribution in [0.5, 0.6) is 5.75 Å². The average molecular weight is 325 g/mol. The predicted octanol–water partition coefficient (Wildman–Crippen LogP) is 2.38. The summed E-state index contributed by atoms with van der Waals surface area (Å²) >= 11 is 0. The average Bonchev–Trinajstić information content (AvgIpc) is 2.65. The van der Waals surface area contributed by atoms with Crippen molar-refractivity contribution in [2.24, 2.45) is 0 Å². The quantitative estimate of drug-likeness (QED) is 0.768. The lowest BCUT2D eigenvalue weighted by Gasteiger charge is -2.26. The molecule has 0 heterocycles. The Balaban J connectivity index is 2.34. The van der Waals surface area contributed by atoms with Gasteiger partial charge in [0, 0.05) is 29.9 Å². The Bertz CT molecular complexity index is 688. The van der Waals surface area contributed by atoms with Crippen LogP contribution in [-0.2, 0) is 5.60 Å². The van der Waals surface area contributed by atoms with Gasteiger partial charge in [-0.15, -0.1) is 6.42 Å². The normalized spacial score (nSPS) is 13.0. The molecular formula is C20H23NO3. The van der Waals surface area contributed by atoms with E-state index in [-0.39, 0.29) is 6.61 Å². The Labute approximate surface area is 143 Å². The van der Waals surface area contributed by atoms with Gasteiger partial charge in [0.2, 0.25) is 0 Å². The van der Waals surface area contributed by atoms with Gasteiger partial charge >= 0.3 is 0 Å². The van der Waals surface area contributed by atoms with E-state index in [1.807, 2.05) is 36.1 Å². The summed E-state index contributed by atoms with van der Waals surface area (Å²) in [5.74, 6) is 3.20. The maximum absolute atomic E-state index is 11.0. The van der Waals surface area contributed by atoms with Crippen LogP contribution >= 0.6 is 0 Å². The highest BCUT2D eigenvalue weighted by Gasteiger charge is 2.29. The third-order valence-corrected chi connectivity index (χ3v) is 4.12. The van der Waals surface area contributed by atoms with Gasteiger partial charge in [0.15, 0.2) is 5.60 Å². The van der Waals surface area contributed by atoms with Crippen LogP contribution in [0, 0.1) is 12.3 Å². The molecule has 1 unspecified atom stereocenters. The summed E-state index contributed by atoms with van der Waals surface area (Å²) in [6.45, 7) is 3.47. The Morgan fingerprint density at radius 2 is 1.62 bits per heavy atom. The highest BCUT2D eigenvalue weighted by atomic mass is 16.5. The Hall–Kier alpha value is -2.48. The van der Waals surface area contributed by atoms with Crippen molar-refractivity contribution < 1.29 is 14.9 Å². The van der Waals surface area contributed by atoms with Crippen LogP contribution in [0.4, 0.5) is 5.69 Å². The van der Waals surface area contributed by atoms with Crippen molar-refractivity contribution in [3.8, 4) is 18.1 Å². The van der Waals surface area contributed by atoms with Gasteiger partial charge < -0.3 is 19.8 Å². The first-order chi connectivity index (χ1) is 11.6. The summed E-state index contributed by atoms with van der Waals surface area (Å²) in [4.78, 5) is 2.05. The van der Waals surface area contributed by atoms with E-state index in [1.165, 1.54) is 0 Å². The molecule has 126 valence electrons. The SMILES string of the molecule is C#CC(O)(c1ccc(OC)cc1)c1ccc(N(CC)CCO)cc1. The minimum absolute atomic E-state index is 0.0930. The van der Waals surface area contributed by atoms with Crippen molar-refractivity contribution in [3.05, 3.63) is 59.7 Å². The summed E-state index contributed by atoms with van der Waals surface area (Å²) in [6.07, 6.45) is 5.64. The molecule has 2 aromatic carbocycles. The monoisotopic (exact) mass is 325 g/mol. The molecule has 24 heavy (non-hydrogen) atoms. The summed E-state index contributed by atoms with van der Waals surface area (Å²) in [7, 11) is 1.59. The maximum atomic E-state index is 11.0. The molecule has 0 aliphatic carbocycles. The topological polar surface area (TPSA) is 52.9 Å². The van der Waals surface area contributed by atoms with Crippen molar-refractivity contribution in [3.63, 3.8) is 0 Å². The van der Waals surface area contributed by atoms with Gasteiger partial charge in [-0.2, -0.15) is 0 Å². The molecule has 0 amide bonds. The summed E-state index contributed by atoms with van der Waals surface area (Å²) < 4.78 is 5.14. The second-order valence-corrected chi connectivity index (χ2v) is 5.43. The van der Waals surface area contributed by atoms with Crippen molar-refractivity contribution in [2.45, 2.75) is 12.5 Å². The molecule has 4 nitrogen and oxygen atoms in total. The molecule has 0 aromatic heterocycles. The van der Waals surface area contributed by atoms with Crippen LogP contribution in [0.1, 0.15) is 18.1 Å². The van der Waals surface area contributed by atoms with Crippen LogP contribution in [-0.4, -0.2) is 37.0 Å². The van der Waals surface area contributed by atoms with Gasteiger partial charge in [0.25, 0.3) is 0 Å². The lowest BCUT2D eigenvalue weighted by Crippen LogP contribution is -2.27. The first kappa shape index (κ1) is 17.9. The van der Waals surface area contributed by atoms with Gasteiger partial charge in [0.1, 0.15) is 5.75 Å². The molecule has 0 saturated carbocycles. The van der Waals surface area contributed by atoms with E-state index < -0.39 is 5.60 Å². The number of rotatable bonds is 7. The molecule has 0 fully saturated rings. The summed E-state index contributed by atoms with van der Waals surface area (Å²) in [5.41, 5.74) is 0.711. The third-order valence-electron chi connectivity index (χ3n) is 4.12. The number of aliphatic hydroxyl groups is 2. The smallest absolute Gasteiger partial charge is 0.176 e. The Kier molecular flexibility index (Phi) is 5.86. The zero-order valence-electron chi connectivity index (χ0n) is 14.1. The minimum Gasteiger partial charge on any atom is -0.497 e. The second-order valence-electron chi connectivity index (χ2n) is 5.43. The largest absolute Gasteiger partial charge is 0.497 e. The van der Waals surface area contributed by atoms with Crippen molar-refractivity contribution in [1.82, 2.24) is 0 Å². The molecule has 2 rings (SSSR count). The van der Waals surface area contributed by atoms with E-state index in [1.54, 1.807) is 31.4 Å². The number of anilines is 1. The predicted molar refractivity (Wildman–Crippen MR) is 96.2 cm³/mol. The van der Waals surface area contributed by atoms with Crippen LogP contribution in [0.25, 0.3) is 0 Å². The van der Waals surface area contributed by atoms with Gasteiger partial charge in [-0.05, 0) is 31.2 Å². The van der Waals surface area contributed by atoms with E-state index in [2.05, 4.69) is 5.92 Å². The fourth-order valence-electron chi connectivity index (χ4n) is 2.67. The maximum Gasteiger partial charge on any atom is 0.176 e. The van der Waals surface area contributed by atoms with Crippen molar-refractivity contribution >= 4 is 5.69 Å². The molecule has 1 atom stereocenters. The number of nitrogens with zero attached hydrogens (tertiary/aromatic N) is 1. The van der Waals surface area contributed by atoms with Crippen LogP contribution < -0.4 is 9.64 Å². The number of methoxy groups -OCH3 is 1. The Morgan fingerprint density at radius 1 is 1.08 bits per heavy atom. The molecule has 0 radical (unpaired) electrons. The van der Waals surface area contributed by atoms with Crippen molar-refractivity contribution in [2.75, 3.05) is 31.7 Å². The lowest BCUT2D eigenvalue weighted by atomic mass is 9.87. The van der Waals surface area contributed by atoms with Gasteiger partial charge in [-0.3, -0.25) is 0 Å². The molecular weight excluding hydrogens is 302 g/mol. The zero-order chi connectivity index (χ0) is 17.6. The number of hydrogen-bond donors (Lipinski definition) is 2. The Morgan fingerprint density at radius 3 is 2.04 bits per heavy atom. The van der Waals surface area contributed by atoms with E-state index in [0.29, 0.717) is 23.4 Å². The van der Waals surface area contributed by atoms with Crippen LogP contribution in [0.3, 0.4) is 0 Å². The summed E-state index contributed by atoms with van der Waals surface area (Å²) in [5, 5.41) is 20.1. The molecule has 0 aliphatic heterocycles. The van der Waals surface area contributed by atoms with Crippen LogP contribution in [0.2, 0.25) is 0 Å². The second kappa shape index (κ2) is 7.87. The molecule has 2 aromatic rings. The van der Waals surface area contributed by atoms with E-state index in [0.717, 1.165) is 12.2 Å². The molecule has 0 spiro atoms. The third kappa shape index (κ3) is 3.53. The van der Waals surface area contributed by atoms with Crippen molar-refractivity contribution in [1.29, 1.82) is 0 Å². The minimum atomic E-state index is -1.50. The molecule has 0 saturated heterocycles. The number of aliphatic hydroxyl groups excluding tert-OH is 1. The number of terminal acetylenes is 1. The van der Waals surface area contributed by atoms with Gasteiger partial charge in [-0.1, -0.05) is 30.2 Å². The summed E-state index contributed by atoms with van der Waals surface area (Å²) in [6, 6.07) is 14.5. The van der Waals surface area contributed by atoms with Gasteiger partial charge in [-0.25, -0.2) is 0 Å². The number of benzene rings is 2. The first-order valence-corrected chi connectivity index (χ1v) is 7.90.